The van der Waals surface area contributed by atoms with Gasteiger partial charge in [0, 0.05) is 12.1 Å². The Morgan fingerprint density at radius 2 is 1.29 bits per heavy atom. The number of carboxylic acid groups (broad SMARTS) is 1. The third kappa shape index (κ3) is 4.98. The molecule has 0 aliphatic heterocycles. The van der Waals surface area contributed by atoms with Gasteiger partial charge in [-0.2, -0.15) is 0 Å². The summed E-state index contributed by atoms with van der Waals surface area (Å²) >= 11 is 0. The maximum absolute atomic E-state index is 12.9. The van der Waals surface area contributed by atoms with Crippen LogP contribution in [0.25, 0.3) is 0 Å². The quantitative estimate of drug-likeness (QED) is 0.659. The molecule has 3 aromatic carbocycles. The summed E-state index contributed by atoms with van der Waals surface area (Å²) < 4.78 is 5.44. The van der Waals surface area contributed by atoms with E-state index < -0.39 is 18.1 Å². The highest BCUT2D eigenvalue weighted by molar-refractivity contribution is 5.95. The van der Waals surface area contributed by atoms with Crippen molar-refractivity contribution in [2.24, 2.45) is 0 Å². The van der Waals surface area contributed by atoms with E-state index in [-0.39, 0.29) is 13.0 Å². The first kappa shape index (κ1) is 19.2. The van der Waals surface area contributed by atoms with Gasteiger partial charge in [-0.1, -0.05) is 78.9 Å². The number of nitrogens with zero attached hydrogens (tertiary/aromatic N) is 1. The van der Waals surface area contributed by atoms with Crippen LogP contribution in [0.4, 0.5) is 10.5 Å². The average Bonchev–Trinajstić information content (AvgIpc) is 2.74. The highest BCUT2D eigenvalue weighted by Crippen LogP contribution is 2.21. The lowest BCUT2D eigenvalue weighted by atomic mass is 10.0. The zero-order valence-electron chi connectivity index (χ0n) is 15.3. The van der Waals surface area contributed by atoms with E-state index in [0.29, 0.717) is 5.69 Å². The van der Waals surface area contributed by atoms with Gasteiger partial charge in [-0.15, -0.1) is 0 Å². The number of hydrogen-bond donors (Lipinski definition) is 1. The SMILES string of the molecule is O=C(O)C(Cc1ccccc1)N(C(=O)OCc1ccccc1)c1ccccc1. The molecule has 0 radical (unpaired) electrons. The first-order valence-electron chi connectivity index (χ1n) is 8.97. The maximum Gasteiger partial charge on any atom is 0.415 e. The van der Waals surface area contributed by atoms with Crippen LogP contribution < -0.4 is 4.90 Å². The molecule has 0 aliphatic rings. The number of benzene rings is 3. The van der Waals surface area contributed by atoms with E-state index in [4.69, 9.17) is 4.74 Å². The molecule has 0 heterocycles. The van der Waals surface area contributed by atoms with Gasteiger partial charge in [0.1, 0.15) is 12.6 Å². The number of para-hydroxylation sites is 1. The molecule has 1 unspecified atom stereocenters. The summed E-state index contributed by atoms with van der Waals surface area (Å²) in [5, 5.41) is 9.85. The van der Waals surface area contributed by atoms with Crippen LogP contribution >= 0.6 is 0 Å². The Hall–Kier alpha value is -3.60. The van der Waals surface area contributed by atoms with Gasteiger partial charge in [0.2, 0.25) is 0 Å². The van der Waals surface area contributed by atoms with E-state index >= 15 is 0 Å². The van der Waals surface area contributed by atoms with Crippen molar-refractivity contribution in [3.8, 4) is 0 Å². The molecule has 142 valence electrons. The number of aliphatic carboxylic acids is 1. The van der Waals surface area contributed by atoms with Crippen molar-refractivity contribution in [1.82, 2.24) is 0 Å². The van der Waals surface area contributed by atoms with E-state index in [2.05, 4.69) is 0 Å². The molecule has 1 N–H and O–H groups in total. The topological polar surface area (TPSA) is 66.8 Å². The number of hydrogen-bond acceptors (Lipinski definition) is 3. The first-order valence-corrected chi connectivity index (χ1v) is 8.97. The van der Waals surface area contributed by atoms with Crippen molar-refractivity contribution in [2.75, 3.05) is 4.90 Å². The van der Waals surface area contributed by atoms with Gasteiger partial charge in [-0.05, 0) is 23.3 Å². The van der Waals surface area contributed by atoms with Gasteiger partial charge in [0.25, 0.3) is 0 Å². The van der Waals surface area contributed by atoms with Gasteiger partial charge >= 0.3 is 12.1 Å². The fourth-order valence-electron chi connectivity index (χ4n) is 2.92. The van der Waals surface area contributed by atoms with Crippen LogP contribution in [0.15, 0.2) is 91.0 Å². The van der Waals surface area contributed by atoms with E-state index in [0.717, 1.165) is 11.1 Å². The predicted molar refractivity (Wildman–Crippen MR) is 107 cm³/mol. The lowest BCUT2D eigenvalue weighted by molar-refractivity contribution is -0.138. The first-order chi connectivity index (χ1) is 13.6. The monoisotopic (exact) mass is 375 g/mol. The van der Waals surface area contributed by atoms with Crippen molar-refractivity contribution in [1.29, 1.82) is 0 Å². The predicted octanol–water partition coefficient (Wildman–Crippen LogP) is 4.53. The second-order valence-electron chi connectivity index (χ2n) is 6.29. The molecular formula is C23H21NO4. The average molecular weight is 375 g/mol. The number of ether oxygens (including phenoxy) is 1. The molecule has 0 aromatic heterocycles. The fourth-order valence-corrected chi connectivity index (χ4v) is 2.92. The van der Waals surface area contributed by atoms with Crippen molar-refractivity contribution in [2.45, 2.75) is 19.1 Å². The molecule has 3 rings (SSSR count). The van der Waals surface area contributed by atoms with Gasteiger partial charge in [-0.25, -0.2) is 9.59 Å². The normalized spacial score (nSPS) is 11.4. The highest BCUT2D eigenvalue weighted by Gasteiger charge is 2.32. The third-order valence-corrected chi connectivity index (χ3v) is 4.30. The molecule has 0 spiro atoms. The van der Waals surface area contributed by atoms with E-state index in [1.807, 2.05) is 66.7 Å². The number of amides is 1. The second-order valence-corrected chi connectivity index (χ2v) is 6.29. The fraction of sp³-hybridized carbons (Fsp3) is 0.130. The minimum atomic E-state index is -1.09. The molecule has 28 heavy (non-hydrogen) atoms. The van der Waals surface area contributed by atoms with Crippen molar-refractivity contribution >= 4 is 17.7 Å². The second kappa shape index (κ2) is 9.37. The lowest BCUT2D eigenvalue weighted by Crippen LogP contribution is -2.47. The Bertz CT molecular complexity index is 898. The number of carboxylic acids is 1. The molecule has 1 atom stereocenters. The minimum Gasteiger partial charge on any atom is -0.480 e. The maximum atomic E-state index is 12.9. The summed E-state index contributed by atoms with van der Waals surface area (Å²) in [4.78, 5) is 26.1. The van der Waals surface area contributed by atoms with Gasteiger partial charge in [-0.3, -0.25) is 4.90 Å². The largest absolute Gasteiger partial charge is 0.480 e. The standard InChI is InChI=1S/C23H21NO4/c25-22(26)21(16-18-10-4-1-5-11-18)24(20-14-8-3-9-15-20)23(27)28-17-19-12-6-2-7-13-19/h1-15,21H,16-17H2,(H,25,26). The Labute approximate surface area is 163 Å². The molecule has 0 fully saturated rings. The number of rotatable bonds is 7. The zero-order valence-corrected chi connectivity index (χ0v) is 15.3. The van der Waals surface area contributed by atoms with Crippen molar-refractivity contribution in [3.05, 3.63) is 102 Å². The summed E-state index contributed by atoms with van der Waals surface area (Å²) in [5.74, 6) is -1.09. The Morgan fingerprint density at radius 1 is 0.786 bits per heavy atom. The van der Waals surface area contributed by atoms with Crippen LogP contribution in [-0.4, -0.2) is 23.2 Å². The minimum absolute atomic E-state index is 0.0701. The Morgan fingerprint density at radius 3 is 1.82 bits per heavy atom. The van der Waals surface area contributed by atoms with Crippen molar-refractivity contribution < 1.29 is 19.4 Å². The van der Waals surface area contributed by atoms with Crippen LogP contribution in [0.5, 0.6) is 0 Å². The van der Waals surface area contributed by atoms with Crippen LogP contribution in [-0.2, 0) is 22.6 Å². The summed E-state index contributed by atoms with van der Waals surface area (Å²) in [6.07, 6.45) is -0.524. The molecule has 0 aliphatic carbocycles. The van der Waals surface area contributed by atoms with Crippen LogP contribution in [0.3, 0.4) is 0 Å². The summed E-state index contributed by atoms with van der Waals surface area (Å²) in [6.45, 7) is 0.0701. The summed E-state index contributed by atoms with van der Waals surface area (Å²) in [6, 6.07) is 26.1. The molecular weight excluding hydrogens is 354 g/mol. The van der Waals surface area contributed by atoms with E-state index in [1.165, 1.54) is 4.90 Å². The molecule has 3 aromatic rings. The summed E-state index contributed by atoms with van der Waals surface area (Å²) in [5.41, 5.74) is 2.13. The molecule has 0 bridgehead atoms. The number of anilines is 1. The number of carbonyl (C=O) groups is 2. The third-order valence-electron chi connectivity index (χ3n) is 4.30. The molecule has 0 saturated heterocycles. The van der Waals surface area contributed by atoms with E-state index in [1.54, 1.807) is 24.3 Å². The van der Waals surface area contributed by atoms with Crippen LogP contribution in [0.2, 0.25) is 0 Å². The molecule has 5 heteroatoms. The Balaban J connectivity index is 1.86. The smallest absolute Gasteiger partial charge is 0.415 e. The number of carbonyl (C=O) groups excluding carboxylic acids is 1. The van der Waals surface area contributed by atoms with Crippen molar-refractivity contribution in [3.63, 3.8) is 0 Å². The molecule has 5 nitrogen and oxygen atoms in total. The Kier molecular flexibility index (Phi) is 6.41. The molecule has 0 saturated carbocycles. The highest BCUT2D eigenvalue weighted by atomic mass is 16.6. The zero-order chi connectivity index (χ0) is 19.8. The molecule has 1 amide bonds. The van der Waals surface area contributed by atoms with Gasteiger partial charge in [0.05, 0.1) is 0 Å². The van der Waals surface area contributed by atoms with Crippen LogP contribution in [0, 0.1) is 0 Å². The van der Waals surface area contributed by atoms with Gasteiger partial charge < -0.3 is 9.84 Å². The lowest BCUT2D eigenvalue weighted by Gasteiger charge is -2.28. The summed E-state index contributed by atoms with van der Waals surface area (Å²) in [7, 11) is 0. The van der Waals surface area contributed by atoms with Gasteiger partial charge in [0.15, 0.2) is 0 Å². The van der Waals surface area contributed by atoms with Crippen LogP contribution in [0.1, 0.15) is 11.1 Å². The van der Waals surface area contributed by atoms with E-state index in [9.17, 15) is 14.7 Å².